The quantitative estimate of drug-likeness (QED) is 0.777. The average Bonchev–Trinajstić information content (AvgIpc) is 2.37. The molecule has 4 heteroatoms. The summed E-state index contributed by atoms with van der Waals surface area (Å²) >= 11 is 0. The van der Waals surface area contributed by atoms with Crippen molar-refractivity contribution in [3.05, 3.63) is 35.9 Å². The highest BCUT2D eigenvalue weighted by atomic mass is 16.5. The normalized spacial score (nSPS) is 14.1. The molecule has 94 valence electrons. The predicted octanol–water partition coefficient (Wildman–Crippen LogP) is 1.05. The lowest BCUT2D eigenvalue weighted by Crippen LogP contribution is -2.49. The summed E-state index contributed by atoms with van der Waals surface area (Å²) in [6.45, 7) is 1.79. The van der Waals surface area contributed by atoms with Gasteiger partial charge in [-0.15, -0.1) is 0 Å². The smallest absolute Gasteiger partial charge is 0.246 e. The zero-order chi connectivity index (χ0) is 12.7. The van der Waals surface area contributed by atoms with E-state index in [0.29, 0.717) is 6.42 Å². The standard InChI is InChI=1S/C13H19NO3/c1-3-13(10-15,14-12(16)9-17-2)11-7-5-4-6-8-11/h4-8,15H,3,9-10H2,1-2H3,(H,14,16)/t13-/m1/s1. The summed E-state index contributed by atoms with van der Waals surface area (Å²) in [4.78, 5) is 11.6. The van der Waals surface area contributed by atoms with Crippen LogP contribution in [0.2, 0.25) is 0 Å². The van der Waals surface area contributed by atoms with Gasteiger partial charge < -0.3 is 15.2 Å². The summed E-state index contributed by atoms with van der Waals surface area (Å²) in [5.74, 6) is -0.229. The molecular formula is C13H19NO3. The fraction of sp³-hybridized carbons (Fsp3) is 0.462. The minimum Gasteiger partial charge on any atom is -0.394 e. The van der Waals surface area contributed by atoms with Crippen LogP contribution in [0.3, 0.4) is 0 Å². The van der Waals surface area contributed by atoms with Crippen molar-refractivity contribution in [3.8, 4) is 0 Å². The van der Waals surface area contributed by atoms with Crippen LogP contribution in [0.4, 0.5) is 0 Å². The van der Waals surface area contributed by atoms with E-state index in [9.17, 15) is 9.90 Å². The third kappa shape index (κ3) is 3.28. The summed E-state index contributed by atoms with van der Waals surface area (Å²) in [7, 11) is 1.47. The van der Waals surface area contributed by atoms with Gasteiger partial charge in [0.1, 0.15) is 6.61 Å². The number of rotatable bonds is 6. The van der Waals surface area contributed by atoms with Gasteiger partial charge in [-0.05, 0) is 12.0 Å². The minimum absolute atomic E-state index is 0.00537. The van der Waals surface area contributed by atoms with Crippen LogP contribution in [-0.2, 0) is 15.1 Å². The molecule has 0 saturated heterocycles. The molecule has 1 aromatic carbocycles. The second-order valence-corrected chi connectivity index (χ2v) is 3.94. The maximum atomic E-state index is 11.6. The molecule has 17 heavy (non-hydrogen) atoms. The van der Waals surface area contributed by atoms with Crippen LogP contribution in [0.25, 0.3) is 0 Å². The molecule has 1 rings (SSSR count). The van der Waals surface area contributed by atoms with Gasteiger partial charge in [0.2, 0.25) is 5.91 Å². The molecular weight excluding hydrogens is 218 g/mol. The highest BCUT2D eigenvalue weighted by Crippen LogP contribution is 2.24. The molecule has 0 bridgehead atoms. The Morgan fingerprint density at radius 2 is 2.06 bits per heavy atom. The van der Waals surface area contributed by atoms with E-state index in [-0.39, 0.29) is 19.1 Å². The first-order valence-electron chi connectivity index (χ1n) is 5.65. The number of carbonyl (C=O) groups is 1. The molecule has 4 nitrogen and oxygen atoms in total. The van der Waals surface area contributed by atoms with Crippen molar-refractivity contribution < 1.29 is 14.6 Å². The van der Waals surface area contributed by atoms with Crippen molar-refractivity contribution >= 4 is 5.91 Å². The van der Waals surface area contributed by atoms with E-state index in [1.807, 2.05) is 37.3 Å². The van der Waals surface area contributed by atoms with E-state index in [1.165, 1.54) is 7.11 Å². The first-order valence-corrected chi connectivity index (χ1v) is 5.65. The van der Waals surface area contributed by atoms with Crippen LogP contribution < -0.4 is 5.32 Å². The van der Waals surface area contributed by atoms with Gasteiger partial charge in [0.25, 0.3) is 0 Å². The van der Waals surface area contributed by atoms with Gasteiger partial charge in [0.15, 0.2) is 0 Å². The van der Waals surface area contributed by atoms with Gasteiger partial charge in [-0.1, -0.05) is 37.3 Å². The van der Waals surface area contributed by atoms with Crippen molar-refractivity contribution in [2.75, 3.05) is 20.3 Å². The summed E-state index contributed by atoms with van der Waals surface area (Å²) in [6.07, 6.45) is 0.614. The van der Waals surface area contributed by atoms with Gasteiger partial charge in [-0.3, -0.25) is 4.79 Å². The molecule has 1 amide bonds. The van der Waals surface area contributed by atoms with Gasteiger partial charge in [-0.2, -0.15) is 0 Å². The van der Waals surface area contributed by atoms with Gasteiger partial charge >= 0.3 is 0 Å². The zero-order valence-corrected chi connectivity index (χ0v) is 10.3. The first-order chi connectivity index (χ1) is 8.18. The number of methoxy groups -OCH3 is 1. The number of benzene rings is 1. The van der Waals surface area contributed by atoms with Crippen LogP contribution in [0.5, 0.6) is 0 Å². The molecule has 0 aliphatic rings. The lowest BCUT2D eigenvalue weighted by atomic mass is 9.88. The molecule has 0 saturated carbocycles. The summed E-state index contributed by atoms with van der Waals surface area (Å²) in [5, 5.41) is 12.4. The number of amides is 1. The fourth-order valence-corrected chi connectivity index (χ4v) is 1.80. The molecule has 0 spiro atoms. The number of aliphatic hydroxyl groups is 1. The van der Waals surface area contributed by atoms with E-state index in [4.69, 9.17) is 4.74 Å². The number of hydrogen-bond donors (Lipinski definition) is 2. The second-order valence-electron chi connectivity index (χ2n) is 3.94. The Morgan fingerprint density at radius 3 is 2.53 bits per heavy atom. The van der Waals surface area contributed by atoms with Crippen LogP contribution in [0.1, 0.15) is 18.9 Å². The lowest BCUT2D eigenvalue weighted by Gasteiger charge is -2.32. The molecule has 0 aliphatic carbocycles. The average molecular weight is 237 g/mol. The van der Waals surface area contributed by atoms with Gasteiger partial charge in [0, 0.05) is 7.11 Å². The third-order valence-electron chi connectivity index (χ3n) is 2.85. The summed E-state index contributed by atoms with van der Waals surface area (Å²) in [6, 6.07) is 9.47. The SMILES string of the molecule is CC[C@](CO)(NC(=O)COC)c1ccccc1. The minimum atomic E-state index is -0.725. The lowest BCUT2D eigenvalue weighted by molar-refractivity contribution is -0.127. The van der Waals surface area contributed by atoms with Crippen LogP contribution in [0, 0.1) is 0 Å². The van der Waals surface area contributed by atoms with Crippen molar-refractivity contribution in [3.63, 3.8) is 0 Å². The predicted molar refractivity (Wildman–Crippen MR) is 65.5 cm³/mol. The van der Waals surface area contributed by atoms with E-state index < -0.39 is 5.54 Å². The van der Waals surface area contributed by atoms with Crippen LogP contribution >= 0.6 is 0 Å². The van der Waals surface area contributed by atoms with Gasteiger partial charge in [-0.25, -0.2) is 0 Å². The molecule has 0 unspecified atom stereocenters. The van der Waals surface area contributed by atoms with Gasteiger partial charge in [0.05, 0.1) is 12.1 Å². The molecule has 2 N–H and O–H groups in total. The van der Waals surface area contributed by atoms with E-state index >= 15 is 0 Å². The van der Waals surface area contributed by atoms with E-state index in [0.717, 1.165) is 5.56 Å². The Bertz CT molecular complexity index is 347. The number of aliphatic hydroxyl groups excluding tert-OH is 1. The number of carbonyl (C=O) groups excluding carboxylic acids is 1. The molecule has 0 aliphatic heterocycles. The molecule has 1 atom stereocenters. The van der Waals surface area contributed by atoms with Crippen molar-refractivity contribution in [2.24, 2.45) is 0 Å². The van der Waals surface area contributed by atoms with Crippen molar-refractivity contribution in [2.45, 2.75) is 18.9 Å². The van der Waals surface area contributed by atoms with Crippen LogP contribution in [0.15, 0.2) is 30.3 Å². The Balaban J connectivity index is 2.93. The Morgan fingerprint density at radius 1 is 1.41 bits per heavy atom. The van der Waals surface area contributed by atoms with E-state index in [1.54, 1.807) is 0 Å². The topological polar surface area (TPSA) is 58.6 Å². The first kappa shape index (κ1) is 13.7. The monoisotopic (exact) mass is 237 g/mol. The summed E-state index contributed by atoms with van der Waals surface area (Å²) in [5.41, 5.74) is 0.172. The zero-order valence-electron chi connectivity index (χ0n) is 10.3. The molecule has 0 heterocycles. The Kier molecular flexibility index (Phi) is 5.12. The largest absolute Gasteiger partial charge is 0.394 e. The molecule has 0 fully saturated rings. The van der Waals surface area contributed by atoms with Crippen LogP contribution in [-0.4, -0.2) is 31.3 Å². The number of nitrogens with one attached hydrogen (secondary N) is 1. The molecule has 1 aromatic rings. The van der Waals surface area contributed by atoms with E-state index in [2.05, 4.69) is 5.32 Å². The Hall–Kier alpha value is -1.39. The highest BCUT2D eigenvalue weighted by molar-refractivity contribution is 5.78. The summed E-state index contributed by atoms with van der Waals surface area (Å²) < 4.78 is 4.78. The molecule has 0 radical (unpaired) electrons. The van der Waals surface area contributed by atoms with Crippen molar-refractivity contribution in [1.82, 2.24) is 5.32 Å². The number of hydrogen-bond acceptors (Lipinski definition) is 3. The molecule has 0 aromatic heterocycles. The maximum Gasteiger partial charge on any atom is 0.246 e. The maximum absolute atomic E-state index is 11.6. The third-order valence-corrected chi connectivity index (χ3v) is 2.85. The fourth-order valence-electron chi connectivity index (χ4n) is 1.80. The number of ether oxygens (including phenoxy) is 1. The Labute approximate surface area is 102 Å². The highest BCUT2D eigenvalue weighted by Gasteiger charge is 2.31. The van der Waals surface area contributed by atoms with Crippen molar-refractivity contribution in [1.29, 1.82) is 0 Å². The second kappa shape index (κ2) is 6.37.